The van der Waals surface area contributed by atoms with Crippen LogP contribution in [0.4, 0.5) is 0 Å². The molecule has 1 heterocycles. The SMILES string of the molecule is NCCNCc1ccon1. The first-order valence-corrected chi connectivity index (χ1v) is 3.23. The van der Waals surface area contributed by atoms with E-state index in [0.29, 0.717) is 6.54 Å². The van der Waals surface area contributed by atoms with Gasteiger partial charge in [-0.05, 0) is 0 Å². The highest BCUT2D eigenvalue weighted by molar-refractivity contribution is 4.93. The summed E-state index contributed by atoms with van der Waals surface area (Å²) in [7, 11) is 0. The van der Waals surface area contributed by atoms with Crippen molar-refractivity contribution in [3.63, 3.8) is 0 Å². The van der Waals surface area contributed by atoms with E-state index in [0.717, 1.165) is 18.8 Å². The molecule has 0 atom stereocenters. The van der Waals surface area contributed by atoms with Gasteiger partial charge in [0.15, 0.2) is 0 Å². The number of hydrogen-bond donors (Lipinski definition) is 2. The minimum Gasteiger partial charge on any atom is -0.364 e. The molecule has 0 aliphatic carbocycles. The van der Waals surface area contributed by atoms with Crippen LogP contribution in [0.15, 0.2) is 16.9 Å². The molecule has 3 N–H and O–H groups in total. The molecule has 56 valence electrons. The van der Waals surface area contributed by atoms with Crippen LogP contribution in [0.2, 0.25) is 0 Å². The van der Waals surface area contributed by atoms with Crippen molar-refractivity contribution in [2.75, 3.05) is 13.1 Å². The smallest absolute Gasteiger partial charge is 0.124 e. The first-order chi connectivity index (χ1) is 4.93. The summed E-state index contributed by atoms with van der Waals surface area (Å²) in [5, 5.41) is 6.80. The maximum atomic E-state index is 5.26. The normalized spacial score (nSPS) is 10.1. The third-order valence-electron chi connectivity index (χ3n) is 1.12. The van der Waals surface area contributed by atoms with Gasteiger partial charge in [0.25, 0.3) is 0 Å². The van der Waals surface area contributed by atoms with Gasteiger partial charge in [-0.2, -0.15) is 0 Å². The van der Waals surface area contributed by atoms with Gasteiger partial charge in [-0.3, -0.25) is 0 Å². The minimum absolute atomic E-state index is 0.651. The van der Waals surface area contributed by atoms with E-state index in [1.54, 1.807) is 6.26 Å². The molecule has 0 aromatic carbocycles. The lowest BCUT2D eigenvalue weighted by Crippen LogP contribution is -2.21. The molecular formula is C6H11N3O. The summed E-state index contributed by atoms with van der Waals surface area (Å²) < 4.78 is 4.62. The first-order valence-electron chi connectivity index (χ1n) is 3.23. The largest absolute Gasteiger partial charge is 0.364 e. The molecule has 0 radical (unpaired) electrons. The summed E-state index contributed by atoms with van der Waals surface area (Å²) in [5.74, 6) is 0. The summed E-state index contributed by atoms with van der Waals surface area (Å²) in [4.78, 5) is 0. The Balaban J connectivity index is 2.15. The van der Waals surface area contributed by atoms with Gasteiger partial charge >= 0.3 is 0 Å². The van der Waals surface area contributed by atoms with Crippen molar-refractivity contribution in [3.05, 3.63) is 18.0 Å². The van der Waals surface area contributed by atoms with E-state index in [2.05, 4.69) is 15.0 Å². The standard InChI is InChI=1S/C6H11N3O/c7-2-3-8-5-6-1-4-10-9-6/h1,4,8H,2-3,5,7H2. The van der Waals surface area contributed by atoms with Crippen molar-refractivity contribution >= 4 is 0 Å². The Morgan fingerprint density at radius 1 is 1.70 bits per heavy atom. The van der Waals surface area contributed by atoms with Crippen molar-refractivity contribution in [2.24, 2.45) is 5.73 Å². The zero-order valence-electron chi connectivity index (χ0n) is 5.71. The molecule has 0 bridgehead atoms. The molecule has 4 heteroatoms. The van der Waals surface area contributed by atoms with Crippen LogP contribution in [0.5, 0.6) is 0 Å². The molecule has 0 saturated carbocycles. The Labute approximate surface area is 59.4 Å². The van der Waals surface area contributed by atoms with Crippen LogP contribution in [-0.2, 0) is 6.54 Å². The summed E-state index contributed by atoms with van der Waals surface area (Å²) in [6.07, 6.45) is 1.56. The van der Waals surface area contributed by atoms with E-state index in [1.807, 2.05) is 6.07 Å². The van der Waals surface area contributed by atoms with Gasteiger partial charge in [0, 0.05) is 25.7 Å². The summed E-state index contributed by atoms with van der Waals surface area (Å²) >= 11 is 0. The topological polar surface area (TPSA) is 64.1 Å². The highest BCUT2D eigenvalue weighted by atomic mass is 16.5. The van der Waals surface area contributed by atoms with Crippen molar-refractivity contribution < 1.29 is 4.52 Å². The van der Waals surface area contributed by atoms with Crippen molar-refractivity contribution in [3.8, 4) is 0 Å². The Morgan fingerprint density at radius 3 is 3.20 bits per heavy atom. The second-order valence-corrected chi connectivity index (χ2v) is 1.96. The second-order valence-electron chi connectivity index (χ2n) is 1.96. The molecular weight excluding hydrogens is 130 g/mol. The molecule has 0 unspecified atom stereocenters. The van der Waals surface area contributed by atoms with Gasteiger partial charge in [0.2, 0.25) is 0 Å². The van der Waals surface area contributed by atoms with Gasteiger partial charge in [0.05, 0.1) is 5.69 Å². The molecule has 0 amide bonds. The number of hydrogen-bond acceptors (Lipinski definition) is 4. The maximum Gasteiger partial charge on any atom is 0.124 e. The Morgan fingerprint density at radius 2 is 2.60 bits per heavy atom. The summed E-state index contributed by atoms with van der Waals surface area (Å²) in [6.45, 7) is 2.19. The van der Waals surface area contributed by atoms with Crippen LogP contribution < -0.4 is 11.1 Å². The fourth-order valence-electron chi connectivity index (χ4n) is 0.647. The summed E-state index contributed by atoms with van der Waals surface area (Å²) in [5.41, 5.74) is 6.17. The van der Waals surface area contributed by atoms with E-state index in [9.17, 15) is 0 Å². The van der Waals surface area contributed by atoms with Crippen LogP contribution in [0, 0.1) is 0 Å². The summed E-state index contributed by atoms with van der Waals surface area (Å²) in [6, 6.07) is 1.82. The van der Waals surface area contributed by atoms with Crippen LogP contribution in [0.3, 0.4) is 0 Å². The monoisotopic (exact) mass is 141 g/mol. The zero-order chi connectivity index (χ0) is 7.23. The third-order valence-corrected chi connectivity index (χ3v) is 1.12. The van der Waals surface area contributed by atoms with E-state index < -0.39 is 0 Å². The molecule has 0 spiro atoms. The lowest BCUT2D eigenvalue weighted by molar-refractivity contribution is 0.409. The highest BCUT2D eigenvalue weighted by Crippen LogP contribution is 1.91. The van der Waals surface area contributed by atoms with E-state index in [4.69, 9.17) is 5.73 Å². The molecule has 1 rings (SSSR count). The lowest BCUT2D eigenvalue weighted by Gasteiger charge is -1.96. The fraction of sp³-hybridized carbons (Fsp3) is 0.500. The molecule has 10 heavy (non-hydrogen) atoms. The predicted molar refractivity (Wildman–Crippen MR) is 37.3 cm³/mol. The average Bonchev–Trinajstić information content (AvgIpc) is 2.41. The first kappa shape index (κ1) is 7.24. The van der Waals surface area contributed by atoms with Gasteiger partial charge < -0.3 is 15.6 Å². The van der Waals surface area contributed by atoms with E-state index in [1.165, 1.54) is 0 Å². The molecule has 0 aliphatic heterocycles. The number of nitrogens with zero attached hydrogens (tertiary/aromatic N) is 1. The average molecular weight is 141 g/mol. The van der Waals surface area contributed by atoms with Gasteiger partial charge in [-0.25, -0.2) is 0 Å². The quantitative estimate of drug-likeness (QED) is 0.566. The van der Waals surface area contributed by atoms with E-state index in [-0.39, 0.29) is 0 Å². The predicted octanol–water partition coefficient (Wildman–Crippen LogP) is -0.277. The highest BCUT2D eigenvalue weighted by Gasteiger charge is 1.92. The molecule has 0 saturated heterocycles. The van der Waals surface area contributed by atoms with Crippen LogP contribution in [0.25, 0.3) is 0 Å². The number of rotatable bonds is 4. The number of nitrogens with one attached hydrogen (secondary N) is 1. The maximum absolute atomic E-state index is 5.26. The lowest BCUT2D eigenvalue weighted by atomic mass is 10.4. The number of nitrogens with two attached hydrogens (primary N) is 1. The Kier molecular flexibility index (Phi) is 2.92. The Hall–Kier alpha value is -0.870. The molecule has 0 fully saturated rings. The van der Waals surface area contributed by atoms with Crippen LogP contribution in [0.1, 0.15) is 5.69 Å². The van der Waals surface area contributed by atoms with Gasteiger partial charge in [0.1, 0.15) is 6.26 Å². The molecule has 0 aliphatic rings. The minimum atomic E-state index is 0.651. The molecule has 1 aromatic heterocycles. The van der Waals surface area contributed by atoms with Crippen molar-refractivity contribution in [1.29, 1.82) is 0 Å². The van der Waals surface area contributed by atoms with Gasteiger partial charge in [-0.1, -0.05) is 5.16 Å². The molecule has 1 aromatic rings. The fourth-order valence-corrected chi connectivity index (χ4v) is 0.647. The van der Waals surface area contributed by atoms with Crippen molar-refractivity contribution in [2.45, 2.75) is 6.54 Å². The Bertz CT molecular complexity index is 162. The van der Waals surface area contributed by atoms with Crippen LogP contribution in [-0.4, -0.2) is 18.2 Å². The third kappa shape index (κ3) is 2.16. The van der Waals surface area contributed by atoms with Crippen molar-refractivity contribution in [1.82, 2.24) is 10.5 Å². The van der Waals surface area contributed by atoms with Crippen LogP contribution >= 0.6 is 0 Å². The van der Waals surface area contributed by atoms with E-state index >= 15 is 0 Å². The molecule has 4 nitrogen and oxygen atoms in total. The second kappa shape index (κ2) is 4.03. The number of aromatic nitrogens is 1. The van der Waals surface area contributed by atoms with Gasteiger partial charge in [-0.15, -0.1) is 0 Å². The zero-order valence-corrected chi connectivity index (χ0v) is 5.71.